The van der Waals surface area contributed by atoms with Gasteiger partial charge in [0.25, 0.3) is 0 Å². The molecule has 2 N–H and O–H groups in total. The third-order valence-electron chi connectivity index (χ3n) is 1.26. The van der Waals surface area contributed by atoms with Crippen LogP contribution in [-0.2, 0) is 0 Å². The highest BCUT2D eigenvalue weighted by atomic mass is 35.5. The molecule has 0 aliphatic heterocycles. The number of rotatable bonds is 1. The van der Waals surface area contributed by atoms with E-state index in [2.05, 4.69) is 10.6 Å². The van der Waals surface area contributed by atoms with Crippen molar-refractivity contribution in [2.75, 3.05) is 12.4 Å². The van der Waals surface area contributed by atoms with E-state index in [1.807, 2.05) is 30.3 Å². The van der Waals surface area contributed by atoms with E-state index in [-0.39, 0.29) is 30.8 Å². The van der Waals surface area contributed by atoms with E-state index in [0.29, 0.717) is 0 Å². The van der Waals surface area contributed by atoms with Crippen molar-refractivity contribution in [3.63, 3.8) is 0 Å². The molecular formula is C8H12Cl2N2O. The van der Waals surface area contributed by atoms with Gasteiger partial charge in [-0.1, -0.05) is 18.2 Å². The van der Waals surface area contributed by atoms with Crippen LogP contribution >= 0.6 is 24.8 Å². The minimum Gasteiger partial charge on any atom is -0.341 e. The van der Waals surface area contributed by atoms with Crippen molar-refractivity contribution >= 4 is 36.5 Å². The van der Waals surface area contributed by atoms with Gasteiger partial charge in [-0.3, -0.25) is 0 Å². The third-order valence-corrected chi connectivity index (χ3v) is 1.26. The topological polar surface area (TPSA) is 41.1 Å². The predicted octanol–water partition coefficient (Wildman–Crippen LogP) is 2.28. The second-order valence-electron chi connectivity index (χ2n) is 2.07. The molecule has 1 aromatic carbocycles. The first-order valence-corrected chi connectivity index (χ1v) is 3.36. The molecule has 0 radical (unpaired) electrons. The highest BCUT2D eigenvalue weighted by Crippen LogP contribution is 2.03. The maximum atomic E-state index is 10.8. The second-order valence-corrected chi connectivity index (χ2v) is 2.07. The lowest BCUT2D eigenvalue weighted by Crippen LogP contribution is -2.24. The molecule has 0 saturated heterocycles. The van der Waals surface area contributed by atoms with Crippen LogP contribution in [0.5, 0.6) is 0 Å². The molecule has 5 heteroatoms. The Bertz CT molecular complexity index is 241. The fourth-order valence-electron chi connectivity index (χ4n) is 0.715. The number of amides is 2. The lowest BCUT2D eigenvalue weighted by Gasteiger charge is -2.01. The van der Waals surface area contributed by atoms with Crippen molar-refractivity contribution in [1.29, 1.82) is 0 Å². The van der Waals surface area contributed by atoms with Crippen LogP contribution in [0, 0.1) is 0 Å². The zero-order valence-corrected chi connectivity index (χ0v) is 8.74. The Hall–Kier alpha value is -0.930. The van der Waals surface area contributed by atoms with E-state index >= 15 is 0 Å². The van der Waals surface area contributed by atoms with E-state index in [9.17, 15) is 4.79 Å². The fourth-order valence-corrected chi connectivity index (χ4v) is 0.715. The van der Waals surface area contributed by atoms with Gasteiger partial charge in [-0.15, -0.1) is 24.8 Å². The van der Waals surface area contributed by atoms with Gasteiger partial charge >= 0.3 is 6.03 Å². The number of anilines is 1. The highest BCUT2D eigenvalue weighted by Gasteiger charge is 1.94. The van der Waals surface area contributed by atoms with E-state index in [4.69, 9.17) is 0 Å². The van der Waals surface area contributed by atoms with Crippen molar-refractivity contribution in [3.05, 3.63) is 30.3 Å². The summed E-state index contributed by atoms with van der Waals surface area (Å²) >= 11 is 0. The number of carbonyl (C=O) groups is 1. The highest BCUT2D eigenvalue weighted by molar-refractivity contribution is 5.88. The van der Waals surface area contributed by atoms with Crippen LogP contribution in [0.15, 0.2) is 30.3 Å². The number of urea groups is 1. The van der Waals surface area contributed by atoms with Gasteiger partial charge in [-0.2, -0.15) is 0 Å². The first-order valence-electron chi connectivity index (χ1n) is 3.36. The zero-order chi connectivity index (χ0) is 8.10. The van der Waals surface area contributed by atoms with Crippen LogP contribution in [0.25, 0.3) is 0 Å². The Morgan fingerprint density at radius 1 is 1.15 bits per heavy atom. The molecule has 0 unspecified atom stereocenters. The lowest BCUT2D eigenvalue weighted by molar-refractivity contribution is 0.254. The zero-order valence-electron chi connectivity index (χ0n) is 7.11. The number of benzene rings is 1. The summed E-state index contributed by atoms with van der Waals surface area (Å²) in [6.45, 7) is 0. The summed E-state index contributed by atoms with van der Waals surface area (Å²) in [6.07, 6.45) is 0. The molecule has 0 fully saturated rings. The predicted molar refractivity (Wildman–Crippen MR) is 59.0 cm³/mol. The summed E-state index contributed by atoms with van der Waals surface area (Å²) in [5.41, 5.74) is 0.798. The number of nitrogens with one attached hydrogen (secondary N) is 2. The number of hydrogen-bond donors (Lipinski definition) is 2. The summed E-state index contributed by atoms with van der Waals surface area (Å²) in [7, 11) is 1.58. The number of hydrogen-bond acceptors (Lipinski definition) is 1. The minimum absolute atomic E-state index is 0. The summed E-state index contributed by atoms with van der Waals surface area (Å²) in [5.74, 6) is 0. The average Bonchev–Trinajstić information content (AvgIpc) is 2.06. The SMILES string of the molecule is CNC(=O)Nc1ccccc1.Cl.Cl. The quantitative estimate of drug-likeness (QED) is 0.753. The van der Waals surface area contributed by atoms with Gasteiger partial charge < -0.3 is 10.6 Å². The standard InChI is InChI=1S/C8H10N2O.2ClH/c1-9-8(11)10-7-5-3-2-4-6-7;;/h2-6H,1H3,(H2,9,10,11);2*1H. The van der Waals surface area contributed by atoms with Crippen LogP contribution in [0.4, 0.5) is 10.5 Å². The van der Waals surface area contributed by atoms with Crippen LogP contribution in [-0.4, -0.2) is 13.1 Å². The van der Waals surface area contributed by atoms with Crippen LogP contribution in [0.3, 0.4) is 0 Å². The molecule has 74 valence electrons. The Morgan fingerprint density at radius 2 is 1.69 bits per heavy atom. The molecule has 13 heavy (non-hydrogen) atoms. The third kappa shape index (κ3) is 5.33. The Kier molecular flexibility index (Phi) is 8.65. The summed E-state index contributed by atoms with van der Waals surface area (Å²) in [4.78, 5) is 10.8. The molecule has 1 rings (SSSR count). The van der Waals surface area contributed by atoms with Crippen LogP contribution < -0.4 is 10.6 Å². The Morgan fingerprint density at radius 3 is 2.15 bits per heavy atom. The fraction of sp³-hybridized carbons (Fsp3) is 0.125. The molecule has 0 bridgehead atoms. The van der Waals surface area contributed by atoms with Gasteiger partial charge in [-0.25, -0.2) is 4.79 Å². The molecule has 0 spiro atoms. The summed E-state index contributed by atoms with van der Waals surface area (Å²) in [6, 6.07) is 9.09. The van der Waals surface area contributed by atoms with Crippen molar-refractivity contribution in [2.24, 2.45) is 0 Å². The van der Waals surface area contributed by atoms with Crippen LogP contribution in [0.1, 0.15) is 0 Å². The normalized spacial score (nSPS) is 7.46. The maximum absolute atomic E-state index is 10.8. The first kappa shape index (κ1) is 14.6. The molecule has 0 aromatic heterocycles. The smallest absolute Gasteiger partial charge is 0.318 e. The van der Waals surface area contributed by atoms with Crippen molar-refractivity contribution in [2.45, 2.75) is 0 Å². The van der Waals surface area contributed by atoms with Gasteiger partial charge in [0.15, 0.2) is 0 Å². The molecule has 2 amide bonds. The number of carbonyl (C=O) groups excluding carboxylic acids is 1. The van der Waals surface area contributed by atoms with E-state index in [1.54, 1.807) is 7.05 Å². The van der Waals surface area contributed by atoms with Crippen molar-refractivity contribution in [3.8, 4) is 0 Å². The molecule has 0 atom stereocenters. The van der Waals surface area contributed by atoms with Gasteiger partial charge in [0.2, 0.25) is 0 Å². The minimum atomic E-state index is -0.198. The largest absolute Gasteiger partial charge is 0.341 e. The number of para-hydroxylation sites is 1. The van der Waals surface area contributed by atoms with Gasteiger partial charge in [0.05, 0.1) is 0 Å². The average molecular weight is 223 g/mol. The molecule has 0 heterocycles. The second kappa shape index (κ2) is 7.71. The van der Waals surface area contributed by atoms with Crippen molar-refractivity contribution < 1.29 is 4.79 Å². The molecule has 0 aliphatic rings. The maximum Gasteiger partial charge on any atom is 0.318 e. The molecule has 0 aliphatic carbocycles. The van der Waals surface area contributed by atoms with E-state index < -0.39 is 0 Å². The van der Waals surface area contributed by atoms with E-state index in [1.165, 1.54) is 0 Å². The van der Waals surface area contributed by atoms with Crippen molar-refractivity contribution in [1.82, 2.24) is 5.32 Å². The van der Waals surface area contributed by atoms with Gasteiger partial charge in [0, 0.05) is 12.7 Å². The molecule has 0 saturated carbocycles. The lowest BCUT2D eigenvalue weighted by atomic mass is 10.3. The molecule has 1 aromatic rings. The summed E-state index contributed by atoms with van der Waals surface area (Å²) < 4.78 is 0. The Balaban J connectivity index is 0. The van der Waals surface area contributed by atoms with Gasteiger partial charge in [0.1, 0.15) is 0 Å². The monoisotopic (exact) mass is 222 g/mol. The van der Waals surface area contributed by atoms with Gasteiger partial charge in [-0.05, 0) is 12.1 Å². The first-order chi connectivity index (χ1) is 5.33. The van der Waals surface area contributed by atoms with E-state index in [0.717, 1.165) is 5.69 Å². The molecular weight excluding hydrogens is 211 g/mol. The summed E-state index contributed by atoms with van der Waals surface area (Å²) in [5, 5.41) is 5.10. The number of halogens is 2. The molecule has 3 nitrogen and oxygen atoms in total. The Labute approximate surface area is 89.7 Å². The van der Waals surface area contributed by atoms with Crippen LogP contribution in [0.2, 0.25) is 0 Å².